The molecule has 0 bridgehead atoms. The second-order valence-electron chi connectivity index (χ2n) is 11.3. The van der Waals surface area contributed by atoms with Gasteiger partial charge in [-0.05, 0) is 54.1 Å². The van der Waals surface area contributed by atoms with Crippen molar-refractivity contribution in [2.75, 3.05) is 14.2 Å². The van der Waals surface area contributed by atoms with Gasteiger partial charge < -0.3 is 13.9 Å². The molecule has 2 fully saturated rings. The van der Waals surface area contributed by atoms with Gasteiger partial charge >= 0.3 is 0 Å². The zero-order valence-corrected chi connectivity index (χ0v) is 20.9. The van der Waals surface area contributed by atoms with Gasteiger partial charge in [-0.3, -0.25) is 4.79 Å². The molecule has 164 valence electrons. The molecule has 0 aromatic rings. The van der Waals surface area contributed by atoms with E-state index in [1.807, 2.05) is 0 Å². The summed E-state index contributed by atoms with van der Waals surface area (Å²) in [5.74, 6) is 1.82. The molecule has 4 nitrogen and oxygen atoms in total. The number of fused-ring (bicyclic) bond motifs is 1. The van der Waals surface area contributed by atoms with Gasteiger partial charge in [-0.2, -0.15) is 0 Å². The van der Waals surface area contributed by atoms with E-state index in [1.165, 1.54) is 0 Å². The second-order valence-corrected chi connectivity index (χ2v) is 16.0. The highest BCUT2D eigenvalue weighted by Crippen LogP contribution is 2.58. The van der Waals surface area contributed by atoms with Crippen LogP contribution in [0.5, 0.6) is 0 Å². The number of ketones is 1. The number of carbonyl (C=O) groups excluding carboxylic acids is 1. The molecule has 0 heterocycles. The SMILES string of the molecule is COC(C[C@@H]1[C@@H](C)C[C@H](O[Si](C)(C)C(C)(C)C)[C@@H]2CC(=O)C(C)C[C@@]12C)OC. The van der Waals surface area contributed by atoms with Crippen LogP contribution in [0.2, 0.25) is 18.1 Å². The van der Waals surface area contributed by atoms with Crippen LogP contribution in [0.25, 0.3) is 0 Å². The summed E-state index contributed by atoms with van der Waals surface area (Å²) < 4.78 is 18.1. The molecule has 0 aromatic heterocycles. The van der Waals surface area contributed by atoms with Gasteiger partial charge in [-0.15, -0.1) is 0 Å². The van der Waals surface area contributed by atoms with E-state index in [1.54, 1.807) is 14.2 Å². The van der Waals surface area contributed by atoms with E-state index in [4.69, 9.17) is 13.9 Å². The zero-order valence-electron chi connectivity index (χ0n) is 19.9. The first kappa shape index (κ1) is 24.0. The highest BCUT2D eigenvalue weighted by atomic mass is 28.4. The van der Waals surface area contributed by atoms with Crippen LogP contribution in [0, 0.1) is 29.1 Å². The van der Waals surface area contributed by atoms with Gasteiger partial charge in [0.25, 0.3) is 0 Å². The molecule has 0 aromatic carbocycles. The third kappa shape index (κ3) is 4.58. The number of ether oxygens (including phenoxy) is 2. The first-order valence-electron chi connectivity index (χ1n) is 11.0. The Bertz CT molecular complexity index is 551. The van der Waals surface area contributed by atoms with Crippen LogP contribution in [-0.2, 0) is 18.7 Å². The van der Waals surface area contributed by atoms with Crippen molar-refractivity contribution in [1.82, 2.24) is 0 Å². The molecule has 0 saturated heterocycles. The lowest BCUT2D eigenvalue weighted by Gasteiger charge is -2.58. The molecule has 2 aliphatic rings. The van der Waals surface area contributed by atoms with Crippen LogP contribution in [0.15, 0.2) is 0 Å². The molecule has 0 spiro atoms. The fourth-order valence-corrected chi connectivity index (χ4v) is 6.96. The van der Waals surface area contributed by atoms with Gasteiger partial charge in [0, 0.05) is 39.1 Å². The molecular formula is C23H44O4Si. The van der Waals surface area contributed by atoms with Crippen molar-refractivity contribution in [2.45, 2.75) is 97.8 Å². The topological polar surface area (TPSA) is 44.8 Å². The van der Waals surface area contributed by atoms with Crippen molar-refractivity contribution in [2.24, 2.45) is 29.1 Å². The van der Waals surface area contributed by atoms with E-state index in [9.17, 15) is 4.79 Å². The first-order valence-corrected chi connectivity index (χ1v) is 13.9. The first-order chi connectivity index (χ1) is 12.8. The third-order valence-electron chi connectivity index (χ3n) is 8.37. The molecular weight excluding hydrogens is 368 g/mol. The molecule has 0 N–H and O–H groups in total. The molecule has 5 heteroatoms. The summed E-state index contributed by atoms with van der Waals surface area (Å²) >= 11 is 0. The Kier molecular flexibility index (Phi) is 7.28. The van der Waals surface area contributed by atoms with Crippen molar-refractivity contribution in [1.29, 1.82) is 0 Å². The number of hydrogen-bond acceptors (Lipinski definition) is 4. The van der Waals surface area contributed by atoms with E-state index in [-0.39, 0.29) is 28.8 Å². The molecule has 0 amide bonds. The second kappa shape index (κ2) is 8.48. The molecule has 1 unspecified atom stereocenters. The average molecular weight is 413 g/mol. The molecule has 2 aliphatic carbocycles. The Labute approximate surface area is 174 Å². The molecule has 0 radical (unpaired) electrons. The van der Waals surface area contributed by atoms with Crippen LogP contribution in [0.4, 0.5) is 0 Å². The van der Waals surface area contributed by atoms with Crippen molar-refractivity contribution < 1.29 is 18.7 Å². The Hall–Kier alpha value is -0.233. The summed E-state index contributed by atoms with van der Waals surface area (Å²) in [5, 5.41) is 0.173. The molecule has 2 saturated carbocycles. The maximum absolute atomic E-state index is 12.7. The van der Waals surface area contributed by atoms with Crippen LogP contribution < -0.4 is 0 Å². The quantitative estimate of drug-likeness (QED) is 0.417. The Morgan fingerprint density at radius 1 is 1.18 bits per heavy atom. The van der Waals surface area contributed by atoms with E-state index in [2.05, 4.69) is 54.6 Å². The normalized spacial score (nSPS) is 37.2. The molecule has 6 atom stereocenters. The van der Waals surface area contributed by atoms with Crippen LogP contribution in [-0.4, -0.2) is 40.7 Å². The predicted molar refractivity (Wildman–Crippen MR) is 117 cm³/mol. The minimum absolute atomic E-state index is 0.0767. The summed E-state index contributed by atoms with van der Waals surface area (Å²) in [6, 6.07) is 0. The standard InChI is InChI=1S/C23H44O4Si/c1-15-11-20(27-28(9,10)22(3,4)5)18-12-19(24)16(2)14-23(18,6)17(15)13-21(25-7)26-8/h15-18,20-21H,11-14H2,1-10H3/t15-,16?,17+,18-,20-,23-/m0/s1. The molecule has 28 heavy (non-hydrogen) atoms. The van der Waals surface area contributed by atoms with E-state index < -0.39 is 8.32 Å². The van der Waals surface area contributed by atoms with Gasteiger partial charge in [0.15, 0.2) is 14.6 Å². The fraction of sp³-hybridized carbons (Fsp3) is 0.957. The maximum Gasteiger partial charge on any atom is 0.192 e. The van der Waals surface area contributed by atoms with Crippen molar-refractivity contribution in [3.63, 3.8) is 0 Å². The van der Waals surface area contributed by atoms with Crippen molar-refractivity contribution in [3.8, 4) is 0 Å². The Morgan fingerprint density at radius 3 is 2.25 bits per heavy atom. The number of Topliss-reactive ketones (excluding diaryl/α,β-unsaturated/α-hetero) is 1. The van der Waals surface area contributed by atoms with E-state index >= 15 is 0 Å². The highest BCUT2D eigenvalue weighted by Gasteiger charge is 2.57. The lowest BCUT2D eigenvalue weighted by atomic mass is 9.49. The van der Waals surface area contributed by atoms with E-state index in [0.717, 1.165) is 19.3 Å². The summed E-state index contributed by atoms with van der Waals surface area (Å²) in [7, 11) is 1.54. The smallest absolute Gasteiger partial charge is 0.192 e. The van der Waals surface area contributed by atoms with Gasteiger partial charge in [-0.1, -0.05) is 41.5 Å². The molecule has 2 rings (SSSR count). The number of hydrogen-bond donors (Lipinski definition) is 0. The third-order valence-corrected chi connectivity index (χ3v) is 12.9. The largest absolute Gasteiger partial charge is 0.414 e. The zero-order chi connectivity index (χ0) is 21.5. The van der Waals surface area contributed by atoms with Crippen molar-refractivity contribution in [3.05, 3.63) is 0 Å². The van der Waals surface area contributed by atoms with Gasteiger partial charge in [0.05, 0.1) is 0 Å². The lowest BCUT2D eigenvalue weighted by molar-refractivity contribution is -0.169. The summed E-state index contributed by atoms with van der Waals surface area (Å²) in [6.07, 6.45) is 3.51. The number of carbonyl (C=O) groups is 1. The predicted octanol–water partition coefficient (Wildman–Crippen LogP) is 5.66. The Morgan fingerprint density at radius 2 is 1.75 bits per heavy atom. The number of methoxy groups -OCH3 is 2. The highest BCUT2D eigenvalue weighted by molar-refractivity contribution is 6.74. The van der Waals surface area contributed by atoms with Crippen LogP contribution >= 0.6 is 0 Å². The van der Waals surface area contributed by atoms with Crippen LogP contribution in [0.3, 0.4) is 0 Å². The molecule has 0 aliphatic heterocycles. The average Bonchev–Trinajstić information content (AvgIpc) is 2.56. The Balaban J connectivity index is 2.37. The van der Waals surface area contributed by atoms with E-state index in [0.29, 0.717) is 30.0 Å². The van der Waals surface area contributed by atoms with Crippen molar-refractivity contribution >= 4 is 14.1 Å². The monoisotopic (exact) mass is 412 g/mol. The summed E-state index contributed by atoms with van der Waals surface area (Å²) in [5.41, 5.74) is 0.0767. The minimum atomic E-state index is -1.90. The maximum atomic E-state index is 12.7. The lowest BCUT2D eigenvalue weighted by Crippen LogP contribution is -2.58. The summed E-state index contributed by atoms with van der Waals surface area (Å²) in [6.45, 7) is 18.4. The van der Waals surface area contributed by atoms with Gasteiger partial charge in [0.1, 0.15) is 5.78 Å². The number of rotatable bonds is 6. The fourth-order valence-electron chi connectivity index (χ4n) is 5.59. The van der Waals surface area contributed by atoms with Crippen LogP contribution in [0.1, 0.15) is 67.2 Å². The van der Waals surface area contributed by atoms with Gasteiger partial charge in [-0.25, -0.2) is 0 Å². The minimum Gasteiger partial charge on any atom is -0.414 e. The van der Waals surface area contributed by atoms with Gasteiger partial charge in [0.2, 0.25) is 0 Å². The summed E-state index contributed by atoms with van der Waals surface area (Å²) in [4.78, 5) is 12.7.